The Kier molecular flexibility index (Phi) is 10.7. The van der Waals surface area contributed by atoms with Gasteiger partial charge in [-0.2, -0.15) is 5.26 Å². The van der Waals surface area contributed by atoms with Crippen molar-refractivity contribution in [2.75, 3.05) is 6.61 Å². The fraction of sp³-hybridized carbons (Fsp3) is 0.500. The lowest BCUT2D eigenvalue weighted by Crippen LogP contribution is -2.61. The standard InChI is InChI=1S/C30H33N3O9S/c1-16(34)38-15-24-26(39-17(2)35)27(40-18(3)36)28(41-19(4)37)30(42-24)43-29-22(14-31)25(20-10-12-32-13-11-20)21-8-6-5-7-9-23(21)33-29/h10-13,24,26-28,30H,5-9,15H2,1-4H3/t24-,26-,27+,28-,30+/m1/s1. The second kappa shape index (κ2) is 14.4. The van der Waals surface area contributed by atoms with Crippen molar-refractivity contribution < 1.29 is 42.9 Å². The molecule has 1 aliphatic carbocycles. The lowest BCUT2D eigenvalue weighted by molar-refractivity contribution is -0.237. The highest BCUT2D eigenvalue weighted by molar-refractivity contribution is 7.99. The van der Waals surface area contributed by atoms with E-state index in [-0.39, 0.29) is 6.61 Å². The van der Waals surface area contributed by atoms with E-state index in [0.29, 0.717) is 17.0 Å². The second-order valence-electron chi connectivity index (χ2n) is 10.2. The smallest absolute Gasteiger partial charge is 0.303 e. The van der Waals surface area contributed by atoms with Gasteiger partial charge in [-0.15, -0.1) is 0 Å². The van der Waals surface area contributed by atoms with E-state index >= 15 is 0 Å². The van der Waals surface area contributed by atoms with Gasteiger partial charge < -0.3 is 23.7 Å². The Hall–Kier alpha value is -4.02. The number of carbonyl (C=O) groups excluding carboxylic acids is 4. The molecule has 2 aromatic heterocycles. The molecule has 0 unspecified atom stereocenters. The average Bonchev–Trinajstić information content (AvgIpc) is 3.19. The highest BCUT2D eigenvalue weighted by Gasteiger charge is 2.52. The second-order valence-corrected chi connectivity index (χ2v) is 11.3. The number of esters is 4. The van der Waals surface area contributed by atoms with Crippen LogP contribution in [0.15, 0.2) is 29.6 Å². The summed E-state index contributed by atoms with van der Waals surface area (Å²) in [6.45, 7) is 4.37. The first-order valence-electron chi connectivity index (χ1n) is 13.9. The van der Waals surface area contributed by atoms with E-state index in [0.717, 1.165) is 73.7 Å². The Labute approximate surface area is 253 Å². The number of aryl methyl sites for hydroxylation is 1. The van der Waals surface area contributed by atoms with Crippen LogP contribution >= 0.6 is 11.8 Å². The van der Waals surface area contributed by atoms with Crippen molar-refractivity contribution in [2.24, 2.45) is 0 Å². The lowest BCUT2D eigenvalue weighted by Gasteiger charge is -2.44. The highest BCUT2D eigenvalue weighted by atomic mass is 32.2. The predicted molar refractivity (Wildman–Crippen MR) is 151 cm³/mol. The quantitative estimate of drug-likeness (QED) is 0.242. The SMILES string of the molecule is CC(=O)OC[C@H]1O[C@@H](Sc2nc3c(c(-c4ccncc4)c2C#N)CCCCC3)[C@H](OC(C)=O)[C@@H](OC(C)=O)[C@@H]1OC(C)=O. The van der Waals surface area contributed by atoms with Crippen molar-refractivity contribution in [2.45, 2.75) is 94.7 Å². The number of thioether (sulfide) groups is 1. The summed E-state index contributed by atoms with van der Waals surface area (Å²) in [7, 11) is 0. The zero-order chi connectivity index (χ0) is 31.1. The molecule has 0 spiro atoms. The molecule has 1 saturated heterocycles. The summed E-state index contributed by atoms with van der Waals surface area (Å²) in [6.07, 6.45) is 2.74. The van der Waals surface area contributed by atoms with Gasteiger partial charge in [0.1, 0.15) is 23.8 Å². The summed E-state index contributed by atoms with van der Waals surface area (Å²) in [5, 5.41) is 10.8. The van der Waals surface area contributed by atoms with Gasteiger partial charge in [0.2, 0.25) is 0 Å². The third-order valence-corrected chi connectivity index (χ3v) is 8.08. The minimum Gasteiger partial charge on any atom is -0.463 e. The summed E-state index contributed by atoms with van der Waals surface area (Å²) in [6, 6.07) is 5.99. The van der Waals surface area contributed by atoms with Crippen LogP contribution in [0.2, 0.25) is 0 Å². The Bertz CT molecular complexity index is 1410. The van der Waals surface area contributed by atoms with Gasteiger partial charge >= 0.3 is 23.9 Å². The van der Waals surface area contributed by atoms with Gasteiger partial charge in [-0.05, 0) is 48.9 Å². The topological polar surface area (TPSA) is 164 Å². The third kappa shape index (κ3) is 7.88. The van der Waals surface area contributed by atoms with Crippen LogP contribution in [0, 0.1) is 11.3 Å². The number of nitriles is 1. The van der Waals surface area contributed by atoms with Crippen LogP contribution in [0.1, 0.15) is 63.8 Å². The van der Waals surface area contributed by atoms with Crippen molar-refractivity contribution in [3.8, 4) is 17.2 Å². The van der Waals surface area contributed by atoms with Crippen LogP contribution in [0.4, 0.5) is 0 Å². The maximum atomic E-state index is 12.3. The van der Waals surface area contributed by atoms with Crippen LogP contribution < -0.4 is 0 Å². The van der Waals surface area contributed by atoms with E-state index < -0.39 is 53.7 Å². The first-order valence-corrected chi connectivity index (χ1v) is 14.8. The fourth-order valence-corrected chi connectivity index (χ4v) is 6.51. The summed E-state index contributed by atoms with van der Waals surface area (Å²) >= 11 is 1.02. The molecule has 3 heterocycles. The van der Waals surface area contributed by atoms with E-state index in [1.165, 1.54) is 13.8 Å². The van der Waals surface area contributed by atoms with E-state index in [1.54, 1.807) is 12.4 Å². The van der Waals surface area contributed by atoms with Crippen molar-refractivity contribution in [1.82, 2.24) is 9.97 Å². The normalized spacial score (nSPS) is 23.1. The zero-order valence-corrected chi connectivity index (χ0v) is 25.2. The summed E-state index contributed by atoms with van der Waals surface area (Å²) < 4.78 is 28.1. The monoisotopic (exact) mass is 611 g/mol. The molecule has 0 saturated carbocycles. The van der Waals surface area contributed by atoms with Gasteiger partial charge in [0.15, 0.2) is 23.7 Å². The molecule has 0 radical (unpaired) electrons. The molecule has 5 atom stereocenters. The number of rotatable bonds is 8. The minimum absolute atomic E-state index is 0.310. The maximum absolute atomic E-state index is 12.3. The molecule has 1 aliphatic heterocycles. The molecule has 43 heavy (non-hydrogen) atoms. The van der Waals surface area contributed by atoms with Gasteiger partial charge in [-0.3, -0.25) is 24.2 Å². The third-order valence-electron chi connectivity index (χ3n) is 6.95. The molecule has 228 valence electrons. The molecule has 13 heteroatoms. The van der Waals surface area contributed by atoms with E-state index in [1.807, 2.05) is 12.1 Å². The predicted octanol–water partition coefficient (Wildman–Crippen LogP) is 3.46. The van der Waals surface area contributed by atoms with Gasteiger partial charge in [0.25, 0.3) is 0 Å². The molecular weight excluding hydrogens is 578 g/mol. The molecule has 1 fully saturated rings. The molecule has 0 aromatic carbocycles. The number of ether oxygens (including phenoxy) is 5. The van der Waals surface area contributed by atoms with E-state index in [9.17, 15) is 24.4 Å². The first-order chi connectivity index (χ1) is 20.6. The van der Waals surface area contributed by atoms with Crippen LogP contribution in [0.25, 0.3) is 11.1 Å². The Morgan fingerprint density at radius 3 is 2.16 bits per heavy atom. The van der Waals surface area contributed by atoms with Crippen LogP contribution in [0.5, 0.6) is 0 Å². The average molecular weight is 612 g/mol. The fourth-order valence-electron chi connectivity index (χ4n) is 5.31. The Morgan fingerprint density at radius 2 is 1.53 bits per heavy atom. The van der Waals surface area contributed by atoms with Crippen molar-refractivity contribution in [1.29, 1.82) is 5.26 Å². The first kappa shape index (κ1) is 31.9. The molecule has 2 aromatic rings. The summed E-state index contributed by atoms with van der Waals surface area (Å²) in [5.41, 5.74) is 2.64. The largest absolute Gasteiger partial charge is 0.463 e. The molecule has 0 amide bonds. The zero-order valence-electron chi connectivity index (χ0n) is 24.4. The van der Waals surface area contributed by atoms with E-state index in [4.69, 9.17) is 28.7 Å². The molecule has 4 rings (SSSR count). The van der Waals surface area contributed by atoms with Crippen molar-refractivity contribution in [3.05, 3.63) is 41.3 Å². The van der Waals surface area contributed by atoms with Gasteiger partial charge in [0, 0.05) is 51.3 Å². The summed E-state index contributed by atoms with van der Waals surface area (Å²) in [4.78, 5) is 57.3. The highest BCUT2D eigenvalue weighted by Crippen LogP contribution is 2.42. The van der Waals surface area contributed by atoms with Gasteiger partial charge in [0.05, 0.1) is 5.56 Å². The Balaban J connectivity index is 1.85. The molecule has 12 nitrogen and oxygen atoms in total. The van der Waals surface area contributed by atoms with Crippen LogP contribution in [-0.2, 0) is 55.7 Å². The van der Waals surface area contributed by atoms with Crippen molar-refractivity contribution >= 4 is 35.6 Å². The lowest BCUT2D eigenvalue weighted by atomic mass is 9.93. The van der Waals surface area contributed by atoms with Gasteiger partial charge in [-0.1, -0.05) is 18.2 Å². The number of hydrogen-bond donors (Lipinski definition) is 0. The number of hydrogen-bond acceptors (Lipinski definition) is 13. The summed E-state index contributed by atoms with van der Waals surface area (Å²) in [5.74, 6) is -2.75. The van der Waals surface area contributed by atoms with Crippen molar-refractivity contribution in [3.63, 3.8) is 0 Å². The Morgan fingerprint density at radius 1 is 0.907 bits per heavy atom. The van der Waals surface area contributed by atoms with E-state index in [2.05, 4.69) is 11.1 Å². The van der Waals surface area contributed by atoms with Gasteiger partial charge in [-0.25, -0.2) is 4.98 Å². The maximum Gasteiger partial charge on any atom is 0.303 e. The van der Waals surface area contributed by atoms with Crippen LogP contribution in [-0.4, -0.2) is 70.3 Å². The molecule has 0 N–H and O–H groups in total. The van der Waals surface area contributed by atoms with Crippen LogP contribution in [0.3, 0.4) is 0 Å². The molecule has 2 aliphatic rings. The number of aromatic nitrogens is 2. The minimum atomic E-state index is -1.32. The number of carbonyl (C=O) groups is 4. The molecule has 0 bridgehead atoms. The number of pyridine rings is 2. The number of nitrogens with zero attached hydrogens (tertiary/aromatic N) is 3. The molecular formula is C30H33N3O9S. The number of fused-ring (bicyclic) bond motifs is 1.